The highest BCUT2D eigenvalue weighted by atomic mass is 35.5. The van der Waals surface area contributed by atoms with Crippen LogP contribution in [0.1, 0.15) is 28.7 Å². The number of hydrogen-bond donors (Lipinski definition) is 0. The quantitative estimate of drug-likeness (QED) is 0.727. The van der Waals surface area contributed by atoms with E-state index in [1.165, 1.54) is 33.4 Å². The third kappa shape index (κ3) is 3.12. The van der Waals surface area contributed by atoms with E-state index in [4.69, 9.17) is 0 Å². The van der Waals surface area contributed by atoms with E-state index in [-0.39, 0.29) is 12.4 Å². The molecule has 2 heteroatoms. The van der Waals surface area contributed by atoms with Gasteiger partial charge in [-0.3, -0.25) is 0 Å². The lowest BCUT2D eigenvalue weighted by Crippen LogP contribution is -2.24. The summed E-state index contributed by atoms with van der Waals surface area (Å²) in [5, 5.41) is 0. The highest BCUT2D eigenvalue weighted by Crippen LogP contribution is 2.36. The second kappa shape index (κ2) is 6.74. The first-order chi connectivity index (χ1) is 10.8. The summed E-state index contributed by atoms with van der Waals surface area (Å²) in [7, 11) is 2.19. The average molecular weight is 324 g/mol. The first kappa shape index (κ1) is 16.0. The first-order valence-electron chi connectivity index (χ1n) is 8.07. The van der Waals surface area contributed by atoms with Crippen molar-refractivity contribution in [1.82, 2.24) is 4.90 Å². The standard InChI is InChI=1S/C21H21N.ClH/c1-22-12-10-16(11-13-22)21-15-18-7-3-2-6-17(18)14-19-8-4-5-9-20(19)21;/h2-10,15H,11-14H2,1H3;1H. The molecule has 0 N–H and O–H groups in total. The number of allylic oxidation sites excluding steroid dienone is 1. The molecule has 0 amide bonds. The Morgan fingerprint density at radius 2 is 1.65 bits per heavy atom. The van der Waals surface area contributed by atoms with Crippen LogP contribution in [0.4, 0.5) is 0 Å². The molecule has 0 saturated carbocycles. The van der Waals surface area contributed by atoms with Gasteiger partial charge in [0.25, 0.3) is 0 Å². The van der Waals surface area contributed by atoms with Gasteiger partial charge < -0.3 is 4.90 Å². The molecule has 0 radical (unpaired) electrons. The minimum absolute atomic E-state index is 0. The van der Waals surface area contributed by atoms with E-state index in [2.05, 4.69) is 72.6 Å². The number of fused-ring (bicyclic) bond motifs is 2. The van der Waals surface area contributed by atoms with Gasteiger partial charge in [0.1, 0.15) is 0 Å². The fraction of sp³-hybridized carbons (Fsp3) is 0.238. The molecule has 0 aromatic heterocycles. The topological polar surface area (TPSA) is 3.24 Å². The van der Waals surface area contributed by atoms with Crippen LogP contribution in [0.25, 0.3) is 11.6 Å². The molecule has 2 aliphatic rings. The van der Waals surface area contributed by atoms with Crippen LogP contribution in [0, 0.1) is 0 Å². The average Bonchev–Trinajstić information content (AvgIpc) is 2.72. The Labute approximate surface area is 144 Å². The summed E-state index contributed by atoms with van der Waals surface area (Å²) < 4.78 is 0. The molecule has 2 aromatic rings. The number of likely N-dealkylation sites (N-methyl/N-ethyl adjacent to an activating group) is 1. The zero-order valence-corrected chi connectivity index (χ0v) is 14.3. The molecule has 0 saturated heterocycles. The van der Waals surface area contributed by atoms with Gasteiger partial charge in [-0.05, 0) is 59.4 Å². The van der Waals surface area contributed by atoms with Gasteiger partial charge in [0.05, 0.1) is 0 Å². The lowest BCUT2D eigenvalue weighted by molar-refractivity contribution is 0.362. The van der Waals surface area contributed by atoms with Gasteiger partial charge in [-0.25, -0.2) is 0 Å². The zero-order valence-electron chi connectivity index (χ0n) is 13.5. The monoisotopic (exact) mass is 323 g/mol. The molecule has 0 unspecified atom stereocenters. The van der Waals surface area contributed by atoms with Crippen molar-refractivity contribution in [3.8, 4) is 0 Å². The number of halogens is 1. The Morgan fingerprint density at radius 1 is 0.913 bits per heavy atom. The van der Waals surface area contributed by atoms with E-state index in [0.29, 0.717) is 0 Å². The van der Waals surface area contributed by atoms with Crippen molar-refractivity contribution in [1.29, 1.82) is 0 Å². The molecule has 0 fully saturated rings. The fourth-order valence-corrected chi connectivity index (χ4v) is 3.49. The van der Waals surface area contributed by atoms with Gasteiger partial charge in [0, 0.05) is 13.1 Å². The predicted octanol–water partition coefficient (Wildman–Crippen LogP) is 4.82. The summed E-state index contributed by atoms with van der Waals surface area (Å²) in [5.41, 5.74) is 8.58. The Morgan fingerprint density at radius 3 is 2.43 bits per heavy atom. The summed E-state index contributed by atoms with van der Waals surface area (Å²) in [6.45, 7) is 2.20. The van der Waals surface area contributed by atoms with Crippen LogP contribution >= 0.6 is 12.4 Å². The molecule has 0 spiro atoms. The third-order valence-corrected chi connectivity index (χ3v) is 4.80. The SMILES string of the molecule is CN1CC=C(C2=Cc3ccccc3Cc3ccccc32)CC1.Cl. The minimum atomic E-state index is 0. The van der Waals surface area contributed by atoms with Crippen LogP contribution in [0.15, 0.2) is 60.2 Å². The van der Waals surface area contributed by atoms with Crippen molar-refractivity contribution in [3.05, 3.63) is 82.4 Å². The Kier molecular flexibility index (Phi) is 4.70. The molecule has 0 atom stereocenters. The molecule has 1 aliphatic carbocycles. The normalized spacial score (nSPS) is 17.1. The van der Waals surface area contributed by atoms with Gasteiger partial charge in [-0.2, -0.15) is 0 Å². The van der Waals surface area contributed by atoms with Crippen molar-refractivity contribution >= 4 is 24.1 Å². The van der Waals surface area contributed by atoms with Crippen molar-refractivity contribution in [2.75, 3.05) is 20.1 Å². The largest absolute Gasteiger partial charge is 0.302 e. The molecule has 1 nitrogen and oxygen atoms in total. The molecular formula is C21H22ClN. The number of nitrogens with zero attached hydrogens (tertiary/aromatic N) is 1. The van der Waals surface area contributed by atoms with Crippen LogP contribution in [-0.4, -0.2) is 25.0 Å². The second-order valence-electron chi connectivity index (χ2n) is 6.33. The minimum Gasteiger partial charge on any atom is -0.302 e. The van der Waals surface area contributed by atoms with Gasteiger partial charge in [0.2, 0.25) is 0 Å². The Bertz CT molecular complexity index is 773. The van der Waals surface area contributed by atoms with Crippen LogP contribution < -0.4 is 0 Å². The van der Waals surface area contributed by atoms with E-state index >= 15 is 0 Å². The molecule has 2 aromatic carbocycles. The maximum absolute atomic E-state index is 2.40. The third-order valence-electron chi connectivity index (χ3n) is 4.80. The highest BCUT2D eigenvalue weighted by molar-refractivity contribution is 5.93. The molecule has 118 valence electrons. The predicted molar refractivity (Wildman–Crippen MR) is 101 cm³/mol. The summed E-state index contributed by atoms with van der Waals surface area (Å²) >= 11 is 0. The summed E-state index contributed by atoms with van der Waals surface area (Å²) in [6, 6.07) is 17.7. The van der Waals surface area contributed by atoms with Crippen molar-refractivity contribution in [2.24, 2.45) is 0 Å². The smallest absolute Gasteiger partial charge is 0.0166 e. The van der Waals surface area contributed by atoms with Gasteiger partial charge in [0.15, 0.2) is 0 Å². The van der Waals surface area contributed by atoms with E-state index in [9.17, 15) is 0 Å². The summed E-state index contributed by atoms with van der Waals surface area (Å²) in [5.74, 6) is 0. The van der Waals surface area contributed by atoms with Crippen LogP contribution in [-0.2, 0) is 6.42 Å². The molecule has 1 heterocycles. The Hall–Kier alpha value is -1.83. The number of rotatable bonds is 1. The molecule has 23 heavy (non-hydrogen) atoms. The number of hydrogen-bond acceptors (Lipinski definition) is 1. The molecule has 4 rings (SSSR count). The fourth-order valence-electron chi connectivity index (χ4n) is 3.49. The van der Waals surface area contributed by atoms with Crippen molar-refractivity contribution in [3.63, 3.8) is 0 Å². The molecule has 0 bridgehead atoms. The van der Waals surface area contributed by atoms with E-state index < -0.39 is 0 Å². The Balaban J connectivity index is 0.00000156. The summed E-state index contributed by atoms with van der Waals surface area (Å²) in [6.07, 6.45) is 6.97. The molecule has 1 aliphatic heterocycles. The van der Waals surface area contributed by atoms with Gasteiger partial charge >= 0.3 is 0 Å². The maximum atomic E-state index is 2.40. The second-order valence-corrected chi connectivity index (χ2v) is 6.33. The lowest BCUT2D eigenvalue weighted by atomic mass is 9.90. The summed E-state index contributed by atoms with van der Waals surface area (Å²) in [4.78, 5) is 2.38. The highest BCUT2D eigenvalue weighted by Gasteiger charge is 2.19. The van der Waals surface area contributed by atoms with Crippen LogP contribution in [0.2, 0.25) is 0 Å². The van der Waals surface area contributed by atoms with E-state index in [1.807, 2.05) is 0 Å². The number of benzene rings is 2. The van der Waals surface area contributed by atoms with Crippen LogP contribution in [0.3, 0.4) is 0 Å². The lowest BCUT2D eigenvalue weighted by Gasteiger charge is -2.24. The molecular weight excluding hydrogens is 302 g/mol. The van der Waals surface area contributed by atoms with Gasteiger partial charge in [-0.15, -0.1) is 12.4 Å². The zero-order chi connectivity index (χ0) is 14.9. The van der Waals surface area contributed by atoms with E-state index in [0.717, 1.165) is 25.9 Å². The van der Waals surface area contributed by atoms with Crippen molar-refractivity contribution in [2.45, 2.75) is 12.8 Å². The van der Waals surface area contributed by atoms with Gasteiger partial charge in [-0.1, -0.05) is 54.6 Å². The first-order valence-corrected chi connectivity index (χ1v) is 8.07. The van der Waals surface area contributed by atoms with Crippen molar-refractivity contribution < 1.29 is 0 Å². The van der Waals surface area contributed by atoms with E-state index in [1.54, 1.807) is 0 Å². The van der Waals surface area contributed by atoms with Crippen LogP contribution in [0.5, 0.6) is 0 Å². The maximum Gasteiger partial charge on any atom is 0.0166 e.